The molecule has 1 aliphatic carbocycles. The molecular weight excluding hydrogens is 425 g/mol. The molecule has 1 atom stereocenters. The summed E-state index contributed by atoms with van der Waals surface area (Å²) in [4.78, 5) is 25.2. The van der Waals surface area contributed by atoms with E-state index in [0.29, 0.717) is 25.1 Å². The van der Waals surface area contributed by atoms with Crippen LogP contribution < -0.4 is 10.1 Å². The van der Waals surface area contributed by atoms with Gasteiger partial charge in [-0.15, -0.1) is 0 Å². The Hall–Kier alpha value is -3.68. The van der Waals surface area contributed by atoms with Gasteiger partial charge in [0.2, 0.25) is 0 Å². The number of nitrogens with one attached hydrogen (secondary N) is 1. The zero-order valence-electron chi connectivity index (χ0n) is 18.6. The Kier molecular flexibility index (Phi) is 6.72. The fourth-order valence-corrected chi connectivity index (χ4v) is 3.93. The number of carbonyl (C=O) groups excluding carboxylic acids is 2. The fraction of sp³-hybridized carbons (Fsp3) is 0.320. The highest BCUT2D eigenvalue weighted by atomic mass is 19.1. The number of rotatable bonds is 8. The summed E-state index contributed by atoms with van der Waals surface area (Å²) in [5.41, 5.74) is 3.70. The quantitative estimate of drug-likeness (QED) is 0.531. The number of methoxy groups -OCH3 is 1. The molecule has 33 heavy (non-hydrogen) atoms. The molecule has 0 bridgehead atoms. The highest BCUT2D eigenvalue weighted by Gasteiger charge is 2.29. The van der Waals surface area contributed by atoms with Crippen molar-refractivity contribution in [3.63, 3.8) is 0 Å². The summed E-state index contributed by atoms with van der Waals surface area (Å²) < 4.78 is 25.5. The number of amides is 1. The number of hydrogen-bond acceptors (Lipinski definition) is 5. The number of esters is 1. The third-order valence-corrected chi connectivity index (χ3v) is 5.72. The van der Waals surface area contributed by atoms with Crippen molar-refractivity contribution < 1.29 is 23.5 Å². The molecular formula is C25H26FN3O4. The minimum absolute atomic E-state index is 0.213. The lowest BCUT2D eigenvalue weighted by atomic mass is 10.1. The fourth-order valence-electron chi connectivity index (χ4n) is 3.93. The molecule has 0 saturated heterocycles. The van der Waals surface area contributed by atoms with Crippen molar-refractivity contribution in [2.75, 3.05) is 13.7 Å². The first kappa shape index (κ1) is 22.5. The Morgan fingerprint density at radius 1 is 1.12 bits per heavy atom. The van der Waals surface area contributed by atoms with E-state index in [1.807, 2.05) is 24.3 Å². The Labute approximate surface area is 191 Å². The molecule has 1 amide bonds. The lowest BCUT2D eigenvalue weighted by molar-refractivity contribution is -0.129. The molecule has 0 fully saturated rings. The number of ether oxygens (including phenoxy) is 2. The van der Waals surface area contributed by atoms with Gasteiger partial charge in [-0.2, -0.15) is 5.10 Å². The van der Waals surface area contributed by atoms with Crippen molar-refractivity contribution in [3.8, 4) is 11.4 Å². The van der Waals surface area contributed by atoms with Gasteiger partial charge in [0, 0.05) is 17.8 Å². The first-order chi connectivity index (χ1) is 16.0. The first-order valence-electron chi connectivity index (χ1n) is 10.9. The lowest BCUT2D eigenvalue weighted by Crippen LogP contribution is -2.37. The molecule has 3 aromatic rings. The van der Waals surface area contributed by atoms with Crippen LogP contribution in [0.15, 0.2) is 48.5 Å². The van der Waals surface area contributed by atoms with E-state index in [9.17, 15) is 14.0 Å². The summed E-state index contributed by atoms with van der Waals surface area (Å²) in [5, 5.41) is 7.23. The van der Waals surface area contributed by atoms with Crippen LogP contribution in [0.4, 0.5) is 4.39 Å². The third kappa shape index (κ3) is 5.05. The monoisotopic (exact) mass is 451 g/mol. The number of halogens is 1. The summed E-state index contributed by atoms with van der Waals surface area (Å²) >= 11 is 0. The van der Waals surface area contributed by atoms with Crippen molar-refractivity contribution in [1.29, 1.82) is 0 Å². The lowest BCUT2D eigenvalue weighted by Gasteiger charge is -2.13. The molecule has 1 aromatic heterocycles. The highest BCUT2D eigenvalue weighted by molar-refractivity contribution is 5.92. The van der Waals surface area contributed by atoms with Crippen LogP contribution in [0.2, 0.25) is 0 Å². The molecule has 7 nitrogen and oxygen atoms in total. The SMILES string of the molecule is COc1ccc(CCNC(=O)C(C)OC(=O)c2nn(-c3ccc(F)cc3)c3c2CCC3)cc1. The Morgan fingerprint density at radius 2 is 1.85 bits per heavy atom. The normalized spacial score (nSPS) is 13.3. The zero-order chi connectivity index (χ0) is 23.4. The predicted octanol–water partition coefficient (Wildman–Crippen LogP) is 3.41. The van der Waals surface area contributed by atoms with Crippen molar-refractivity contribution >= 4 is 11.9 Å². The average Bonchev–Trinajstić information content (AvgIpc) is 3.43. The highest BCUT2D eigenvalue weighted by Crippen LogP contribution is 2.28. The van der Waals surface area contributed by atoms with Crippen LogP contribution >= 0.6 is 0 Å². The standard InChI is InChI=1S/C25H26FN3O4/c1-16(24(30)27-15-14-17-6-12-20(32-2)13-7-17)33-25(31)23-21-4-3-5-22(21)29(28-23)19-10-8-18(26)9-11-19/h6-13,16H,3-5,14-15H2,1-2H3,(H,27,30). The van der Waals surface area contributed by atoms with E-state index in [1.54, 1.807) is 23.9 Å². The van der Waals surface area contributed by atoms with Gasteiger partial charge < -0.3 is 14.8 Å². The average molecular weight is 451 g/mol. The molecule has 172 valence electrons. The molecule has 2 aromatic carbocycles. The maximum atomic E-state index is 13.3. The van der Waals surface area contributed by atoms with Gasteiger partial charge >= 0.3 is 5.97 Å². The van der Waals surface area contributed by atoms with Crippen molar-refractivity contribution in [2.45, 2.75) is 38.7 Å². The molecule has 8 heteroatoms. The predicted molar refractivity (Wildman–Crippen MR) is 120 cm³/mol. The van der Waals surface area contributed by atoms with E-state index in [4.69, 9.17) is 9.47 Å². The van der Waals surface area contributed by atoms with Crippen LogP contribution in [0.25, 0.3) is 5.69 Å². The van der Waals surface area contributed by atoms with Crippen LogP contribution in [0, 0.1) is 5.82 Å². The van der Waals surface area contributed by atoms with Gasteiger partial charge in [-0.05, 0) is 74.6 Å². The van der Waals surface area contributed by atoms with Crippen LogP contribution in [0.3, 0.4) is 0 Å². The van der Waals surface area contributed by atoms with E-state index in [1.165, 1.54) is 19.1 Å². The van der Waals surface area contributed by atoms with Gasteiger partial charge in [0.1, 0.15) is 11.6 Å². The van der Waals surface area contributed by atoms with Crippen LogP contribution in [-0.4, -0.2) is 41.4 Å². The Morgan fingerprint density at radius 3 is 2.55 bits per heavy atom. The van der Waals surface area contributed by atoms with Crippen molar-refractivity contribution in [1.82, 2.24) is 15.1 Å². The van der Waals surface area contributed by atoms with Crippen LogP contribution in [0.5, 0.6) is 5.75 Å². The molecule has 0 aliphatic heterocycles. The van der Waals surface area contributed by atoms with Crippen LogP contribution in [0.1, 0.15) is 40.7 Å². The number of benzene rings is 2. The van der Waals surface area contributed by atoms with E-state index in [0.717, 1.165) is 35.4 Å². The molecule has 1 N–H and O–H groups in total. The van der Waals surface area contributed by atoms with Gasteiger partial charge in [0.15, 0.2) is 11.8 Å². The Bertz CT molecular complexity index is 1140. The largest absolute Gasteiger partial charge is 0.497 e. The van der Waals surface area contributed by atoms with E-state index in [2.05, 4.69) is 10.4 Å². The Balaban J connectivity index is 1.37. The van der Waals surface area contributed by atoms with Gasteiger partial charge in [0.05, 0.1) is 12.8 Å². The van der Waals surface area contributed by atoms with Gasteiger partial charge in [-0.3, -0.25) is 4.79 Å². The topological polar surface area (TPSA) is 82.4 Å². The third-order valence-electron chi connectivity index (χ3n) is 5.72. The smallest absolute Gasteiger partial charge is 0.359 e. The summed E-state index contributed by atoms with van der Waals surface area (Å²) in [5.74, 6) is -0.566. The summed E-state index contributed by atoms with van der Waals surface area (Å²) in [7, 11) is 1.61. The molecule has 0 radical (unpaired) electrons. The van der Waals surface area contributed by atoms with Crippen LogP contribution in [-0.2, 0) is 28.8 Å². The van der Waals surface area contributed by atoms with E-state index >= 15 is 0 Å². The minimum Gasteiger partial charge on any atom is -0.497 e. The number of carbonyl (C=O) groups is 2. The van der Waals surface area contributed by atoms with Gasteiger partial charge in [0.25, 0.3) is 5.91 Å². The van der Waals surface area contributed by atoms with Gasteiger partial charge in [-0.1, -0.05) is 12.1 Å². The maximum Gasteiger partial charge on any atom is 0.359 e. The minimum atomic E-state index is -0.957. The maximum absolute atomic E-state index is 13.3. The number of fused-ring (bicyclic) bond motifs is 1. The second-order valence-electron chi connectivity index (χ2n) is 7.95. The number of aromatic nitrogens is 2. The molecule has 4 rings (SSSR count). The summed E-state index contributed by atoms with van der Waals surface area (Å²) in [6, 6.07) is 13.6. The molecule has 0 saturated carbocycles. The van der Waals surface area contributed by atoms with Gasteiger partial charge in [-0.25, -0.2) is 13.9 Å². The molecule has 0 spiro atoms. The van der Waals surface area contributed by atoms with E-state index in [-0.39, 0.29) is 17.4 Å². The second-order valence-corrected chi connectivity index (χ2v) is 7.95. The summed E-state index contributed by atoms with van der Waals surface area (Å²) in [6.07, 6.45) is 2.07. The molecule has 1 unspecified atom stereocenters. The number of hydrogen-bond donors (Lipinski definition) is 1. The molecule has 1 heterocycles. The first-order valence-corrected chi connectivity index (χ1v) is 10.9. The summed E-state index contributed by atoms with van der Waals surface area (Å²) in [6.45, 7) is 1.96. The zero-order valence-corrected chi connectivity index (χ0v) is 18.6. The second kappa shape index (κ2) is 9.85. The van der Waals surface area contributed by atoms with Crippen molar-refractivity contribution in [3.05, 3.63) is 76.9 Å². The van der Waals surface area contributed by atoms with Crippen molar-refractivity contribution in [2.24, 2.45) is 0 Å². The number of nitrogens with zero attached hydrogens (tertiary/aromatic N) is 2. The van der Waals surface area contributed by atoms with E-state index < -0.39 is 12.1 Å². The molecule has 1 aliphatic rings.